The molecule has 12 rings (SSSR count). The topological polar surface area (TPSA) is 35.6 Å². The third kappa shape index (κ3) is 6.40. The number of benzene rings is 10. The van der Waals surface area contributed by atoms with E-state index in [9.17, 15) is 0 Å². The maximum Gasteiger partial charge on any atom is 0.168 e. The second-order valence-corrected chi connectivity index (χ2v) is 16.2. The zero-order valence-electron chi connectivity index (χ0n) is 34.9. The highest BCUT2D eigenvalue weighted by molar-refractivity contribution is 6.09. The molecule has 10 aromatic carbocycles. The molecule has 0 saturated carbocycles. The molecule has 2 heterocycles. The fourth-order valence-corrected chi connectivity index (χ4v) is 9.48. The molecule has 0 atom stereocenters. The third-order valence-corrected chi connectivity index (χ3v) is 12.5. The molecule has 0 aliphatic carbocycles. The van der Waals surface area contributed by atoms with Crippen LogP contribution in [-0.4, -0.2) is 19.3 Å². The molecular formula is C60H40N4. The molecule has 4 nitrogen and oxygen atoms in total. The lowest BCUT2D eigenvalue weighted by Crippen LogP contribution is -2.00. The van der Waals surface area contributed by atoms with Crippen molar-refractivity contribution in [2.45, 2.75) is 0 Å². The lowest BCUT2D eigenvalue weighted by molar-refractivity contribution is 1.07. The standard InChI is InChI=1S/C60H40N4/c1-2-17-47(18-3-1)64-59(45-33-29-42(30-34-45)50-26-14-16-41-15-4-5-19-49(41)50)61-62-60(64)46-35-31-43(32-36-46)51-20-6-8-22-53(51)54-23-9-7-21-52(54)44-37-39-48(40-38-44)63-57-27-12-10-24-55(57)56-25-11-13-28-58(56)63/h1-40H. The zero-order valence-corrected chi connectivity index (χ0v) is 34.9. The summed E-state index contributed by atoms with van der Waals surface area (Å²) in [5, 5.41) is 14.7. The molecule has 0 spiro atoms. The van der Waals surface area contributed by atoms with Crippen molar-refractivity contribution in [3.63, 3.8) is 0 Å². The number of hydrogen-bond donors (Lipinski definition) is 0. The van der Waals surface area contributed by atoms with E-state index in [-0.39, 0.29) is 0 Å². The van der Waals surface area contributed by atoms with Crippen molar-refractivity contribution in [2.75, 3.05) is 0 Å². The fraction of sp³-hybridized carbons (Fsp3) is 0. The SMILES string of the molecule is c1ccc(-n2c(-c3ccc(-c4ccccc4-c4ccccc4-c4ccc(-n5c6ccccc6c6ccccc65)cc4)cc3)nnc2-c2ccc(-c3cccc4ccccc34)cc2)cc1. The predicted octanol–water partition coefficient (Wildman–Crippen LogP) is 15.5. The van der Waals surface area contributed by atoms with Gasteiger partial charge in [-0.2, -0.15) is 0 Å². The van der Waals surface area contributed by atoms with Gasteiger partial charge in [0.2, 0.25) is 0 Å². The number of fused-ring (bicyclic) bond motifs is 4. The summed E-state index contributed by atoms with van der Waals surface area (Å²) >= 11 is 0. The second-order valence-electron chi connectivity index (χ2n) is 16.2. The average molecular weight is 817 g/mol. The van der Waals surface area contributed by atoms with E-state index in [0.717, 1.165) is 39.7 Å². The molecule has 0 bridgehead atoms. The Morgan fingerprint density at radius 3 is 1.17 bits per heavy atom. The van der Waals surface area contributed by atoms with Gasteiger partial charge in [-0.1, -0.05) is 206 Å². The second kappa shape index (κ2) is 15.7. The first-order valence-corrected chi connectivity index (χ1v) is 21.7. The fourth-order valence-electron chi connectivity index (χ4n) is 9.48. The summed E-state index contributed by atoms with van der Waals surface area (Å²) in [5.74, 6) is 1.58. The van der Waals surface area contributed by atoms with E-state index in [0.29, 0.717) is 0 Å². The minimum atomic E-state index is 0.786. The van der Waals surface area contributed by atoms with Gasteiger partial charge in [0.15, 0.2) is 11.6 Å². The van der Waals surface area contributed by atoms with Crippen LogP contribution in [0, 0.1) is 0 Å². The number of hydrogen-bond acceptors (Lipinski definition) is 2. The van der Waals surface area contributed by atoms with E-state index in [1.54, 1.807) is 0 Å². The van der Waals surface area contributed by atoms with E-state index < -0.39 is 0 Å². The Morgan fingerprint density at radius 2 is 0.609 bits per heavy atom. The van der Waals surface area contributed by atoms with Gasteiger partial charge in [-0.15, -0.1) is 10.2 Å². The Balaban J connectivity index is 0.881. The van der Waals surface area contributed by atoms with Crippen molar-refractivity contribution >= 4 is 32.6 Å². The third-order valence-electron chi connectivity index (χ3n) is 12.5. The summed E-state index contributed by atoms with van der Waals surface area (Å²) in [6.45, 7) is 0. The molecule has 0 radical (unpaired) electrons. The molecule has 0 saturated heterocycles. The average Bonchev–Trinajstić information content (AvgIpc) is 3.97. The van der Waals surface area contributed by atoms with Gasteiger partial charge in [-0.25, -0.2) is 0 Å². The molecule has 0 N–H and O–H groups in total. The van der Waals surface area contributed by atoms with Crippen molar-refractivity contribution in [2.24, 2.45) is 0 Å². The van der Waals surface area contributed by atoms with E-state index in [1.165, 1.54) is 71.5 Å². The predicted molar refractivity (Wildman–Crippen MR) is 266 cm³/mol. The van der Waals surface area contributed by atoms with Crippen molar-refractivity contribution < 1.29 is 0 Å². The largest absolute Gasteiger partial charge is 0.309 e. The molecule has 0 unspecified atom stereocenters. The number of rotatable bonds is 8. The Bertz CT molecular complexity index is 3580. The number of aromatic nitrogens is 4. The molecular weight excluding hydrogens is 777 g/mol. The quantitative estimate of drug-likeness (QED) is 0.153. The number of para-hydroxylation sites is 3. The first-order valence-electron chi connectivity index (χ1n) is 21.7. The maximum absolute atomic E-state index is 4.84. The first kappa shape index (κ1) is 37.2. The molecule has 0 aliphatic rings. The molecule has 0 amide bonds. The van der Waals surface area contributed by atoms with Crippen LogP contribution in [0.15, 0.2) is 243 Å². The van der Waals surface area contributed by atoms with E-state index >= 15 is 0 Å². The van der Waals surface area contributed by atoms with Gasteiger partial charge >= 0.3 is 0 Å². The van der Waals surface area contributed by atoms with Gasteiger partial charge in [0.25, 0.3) is 0 Å². The lowest BCUT2D eigenvalue weighted by Gasteiger charge is -2.16. The summed E-state index contributed by atoms with van der Waals surface area (Å²) in [6, 6.07) is 86.6. The van der Waals surface area contributed by atoms with Gasteiger partial charge in [-0.3, -0.25) is 4.57 Å². The van der Waals surface area contributed by atoms with Crippen molar-refractivity contribution in [1.29, 1.82) is 0 Å². The van der Waals surface area contributed by atoms with Gasteiger partial charge in [0.05, 0.1) is 11.0 Å². The highest BCUT2D eigenvalue weighted by atomic mass is 15.3. The molecule has 300 valence electrons. The Kier molecular flexibility index (Phi) is 9.12. The molecule has 0 fully saturated rings. The van der Waals surface area contributed by atoms with Crippen molar-refractivity contribution in [1.82, 2.24) is 19.3 Å². The molecule has 2 aromatic heterocycles. The molecule has 64 heavy (non-hydrogen) atoms. The Hall–Kier alpha value is -8.60. The molecule has 4 heteroatoms. The van der Waals surface area contributed by atoms with Crippen LogP contribution in [-0.2, 0) is 0 Å². The minimum Gasteiger partial charge on any atom is -0.309 e. The van der Waals surface area contributed by atoms with Crippen LogP contribution < -0.4 is 0 Å². The van der Waals surface area contributed by atoms with E-state index in [2.05, 4.69) is 246 Å². The van der Waals surface area contributed by atoms with Crippen molar-refractivity contribution in [3.05, 3.63) is 243 Å². The lowest BCUT2D eigenvalue weighted by atomic mass is 9.89. The van der Waals surface area contributed by atoms with Crippen LogP contribution >= 0.6 is 0 Å². The summed E-state index contributed by atoms with van der Waals surface area (Å²) < 4.78 is 4.53. The summed E-state index contributed by atoms with van der Waals surface area (Å²) in [7, 11) is 0. The van der Waals surface area contributed by atoms with E-state index in [1.807, 2.05) is 6.07 Å². The smallest absolute Gasteiger partial charge is 0.168 e. The van der Waals surface area contributed by atoms with Gasteiger partial charge in [0, 0.05) is 33.3 Å². The normalized spacial score (nSPS) is 11.4. The van der Waals surface area contributed by atoms with Crippen LogP contribution in [0.4, 0.5) is 0 Å². The Labute approximate surface area is 371 Å². The summed E-state index contributed by atoms with van der Waals surface area (Å²) in [5.41, 5.74) is 15.9. The first-order chi connectivity index (χ1) is 31.8. The maximum atomic E-state index is 4.84. The Morgan fingerprint density at radius 1 is 0.234 bits per heavy atom. The highest BCUT2D eigenvalue weighted by Gasteiger charge is 2.19. The van der Waals surface area contributed by atoms with Crippen LogP contribution in [0.1, 0.15) is 0 Å². The van der Waals surface area contributed by atoms with Crippen LogP contribution in [0.2, 0.25) is 0 Å². The van der Waals surface area contributed by atoms with Gasteiger partial charge in [0.1, 0.15) is 0 Å². The molecule has 0 aliphatic heterocycles. The van der Waals surface area contributed by atoms with Crippen LogP contribution in [0.3, 0.4) is 0 Å². The minimum absolute atomic E-state index is 0.786. The zero-order chi connectivity index (χ0) is 42.4. The summed E-state index contributed by atoms with van der Waals surface area (Å²) in [6.07, 6.45) is 0. The monoisotopic (exact) mass is 816 g/mol. The highest BCUT2D eigenvalue weighted by Crippen LogP contribution is 2.40. The molecule has 12 aromatic rings. The van der Waals surface area contributed by atoms with Crippen molar-refractivity contribution in [3.8, 4) is 78.7 Å². The van der Waals surface area contributed by atoms with E-state index in [4.69, 9.17) is 10.2 Å². The van der Waals surface area contributed by atoms with Gasteiger partial charge in [-0.05, 0) is 91.7 Å². The van der Waals surface area contributed by atoms with Crippen LogP contribution in [0.5, 0.6) is 0 Å². The number of nitrogens with zero attached hydrogens (tertiary/aromatic N) is 4. The van der Waals surface area contributed by atoms with Gasteiger partial charge < -0.3 is 4.57 Å². The summed E-state index contributed by atoms with van der Waals surface area (Å²) in [4.78, 5) is 0. The van der Waals surface area contributed by atoms with Crippen LogP contribution in [0.25, 0.3) is 111 Å².